The van der Waals surface area contributed by atoms with Gasteiger partial charge in [-0.25, -0.2) is 0 Å². The van der Waals surface area contributed by atoms with Gasteiger partial charge in [-0.1, -0.05) is 25.7 Å². The fourth-order valence-corrected chi connectivity index (χ4v) is 3.51. The first-order chi connectivity index (χ1) is 11.1. The smallest absolute Gasteiger partial charge is 0.249 e. The van der Waals surface area contributed by atoms with Gasteiger partial charge in [0.2, 0.25) is 5.91 Å². The molecule has 1 amide bonds. The lowest BCUT2D eigenvalue weighted by molar-refractivity contribution is -0.136. The lowest BCUT2D eigenvalue weighted by Gasteiger charge is -2.20. The van der Waals surface area contributed by atoms with Crippen molar-refractivity contribution in [2.24, 2.45) is 0 Å². The van der Waals surface area contributed by atoms with Gasteiger partial charge < -0.3 is 10.1 Å². The van der Waals surface area contributed by atoms with Crippen molar-refractivity contribution >= 4 is 18.1 Å². The standard InChI is InChI=1S/C16H26N4O2S/c1-11(22-13-6-4-2-3-5-7-13)15(21)17-10-14-18-19-16(23)20(14)12-8-9-12/h11-13H,2-10H2,1H3,(H,17,21)(H,19,23). The molecule has 3 rings (SSSR count). The fraction of sp³-hybridized carbons (Fsp3) is 0.812. The van der Waals surface area contributed by atoms with Crippen LogP contribution in [0.5, 0.6) is 0 Å². The van der Waals surface area contributed by atoms with E-state index in [-0.39, 0.29) is 12.0 Å². The molecule has 2 saturated carbocycles. The quantitative estimate of drug-likeness (QED) is 0.618. The molecular weight excluding hydrogens is 312 g/mol. The number of hydrogen-bond donors (Lipinski definition) is 2. The van der Waals surface area contributed by atoms with Crippen molar-refractivity contribution in [1.29, 1.82) is 0 Å². The van der Waals surface area contributed by atoms with E-state index in [0.29, 0.717) is 17.4 Å². The number of nitrogens with one attached hydrogen (secondary N) is 2. The Morgan fingerprint density at radius 2 is 2.04 bits per heavy atom. The molecule has 0 radical (unpaired) electrons. The monoisotopic (exact) mass is 338 g/mol. The average molecular weight is 338 g/mol. The molecule has 2 fully saturated rings. The number of hydrogen-bond acceptors (Lipinski definition) is 4. The van der Waals surface area contributed by atoms with Crippen LogP contribution in [-0.4, -0.2) is 32.9 Å². The number of H-pyrrole nitrogens is 1. The molecular formula is C16H26N4O2S. The highest BCUT2D eigenvalue weighted by molar-refractivity contribution is 7.71. The third-order valence-corrected chi connectivity index (χ3v) is 4.97. The maximum atomic E-state index is 12.3. The van der Waals surface area contributed by atoms with Crippen molar-refractivity contribution in [2.75, 3.05) is 0 Å². The molecule has 0 saturated heterocycles. The predicted octanol–water partition coefficient (Wildman–Crippen LogP) is 3.02. The third kappa shape index (κ3) is 4.41. The summed E-state index contributed by atoms with van der Waals surface area (Å²) in [5.41, 5.74) is 0. The Kier molecular flexibility index (Phi) is 5.48. The van der Waals surface area contributed by atoms with Crippen molar-refractivity contribution in [3.8, 4) is 0 Å². The summed E-state index contributed by atoms with van der Waals surface area (Å²) in [6.45, 7) is 2.22. The first-order valence-electron chi connectivity index (χ1n) is 8.74. The third-order valence-electron chi connectivity index (χ3n) is 4.68. The van der Waals surface area contributed by atoms with Crippen LogP contribution in [-0.2, 0) is 16.1 Å². The van der Waals surface area contributed by atoms with E-state index < -0.39 is 6.10 Å². The zero-order valence-electron chi connectivity index (χ0n) is 13.7. The Labute approximate surface area is 142 Å². The molecule has 1 atom stereocenters. The van der Waals surface area contributed by atoms with Gasteiger partial charge in [-0.05, 0) is 44.8 Å². The van der Waals surface area contributed by atoms with Gasteiger partial charge in [-0.2, -0.15) is 5.10 Å². The Morgan fingerprint density at radius 1 is 1.35 bits per heavy atom. The number of ether oxygens (including phenoxy) is 1. The maximum Gasteiger partial charge on any atom is 0.249 e. The SMILES string of the molecule is CC(OC1CCCCCC1)C(=O)NCc1n[nH]c(=S)n1C1CC1. The Bertz CT molecular complexity index is 585. The molecule has 7 heteroatoms. The van der Waals surface area contributed by atoms with E-state index in [1.165, 1.54) is 25.7 Å². The average Bonchev–Trinajstić information content (AvgIpc) is 3.33. The molecule has 128 valence electrons. The van der Waals surface area contributed by atoms with E-state index in [0.717, 1.165) is 31.5 Å². The molecule has 0 aromatic carbocycles. The Hall–Kier alpha value is -1.21. The van der Waals surface area contributed by atoms with E-state index in [9.17, 15) is 4.79 Å². The molecule has 1 unspecified atom stereocenters. The topological polar surface area (TPSA) is 71.9 Å². The molecule has 23 heavy (non-hydrogen) atoms. The molecule has 2 N–H and O–H groups in total. The minimum absolute atomic E-state index is 0.0782. The largest absolute Gasteiger partial charge is 0.365 e. The summed E-state index contributed by atoms with van der Waals surface area (Å²) in [5, 5.41) is 9.97. The highest BCUT2D eigenvalue weighted by Crippen LogP contribution is 2.35. The minimum Gasteiger partial charge on any atom is -0.365 e. The van der Waals surface area contributed by atoms with Crippen molar-refractivity contribution < 1.29 is 9.53 Å². The number of aromatic nitrogens is 3. The lowest BCUT2D eigenvalue weighted by atomic mass is 10.1. The highest BCUT2D eigenvalue weighted by atomic mass is 32.1. The molecule has 0 aliphatic heterocycles. The van der Waals surface area contributed by atoms with E-state index in [1.807, 2.05) is 11.5 Å². The van der Waals surface area contributed by atoms with Gasteiger partial charge in [0.25, 0.3) is 0 Å². The van der Waals surface area contributed by atoms with Gasteiger partial charge >= 0.3 is 0 Å². The minimum atomic E-state index is -0.422. The fourth-order valence-electron chi connectivity index (χ4n) is 3.21. The summed E-state index contributed by atoms with van der Waals surface area (Å²) in [4.78, 5) is 12.3. The summed E-state index contributed by atoms with van der Waals surface area (Å²) in [6, 6.07) is 0.452. The van der Waals surface area contributed by atoms with Crippen LogP contribution in [0.3, 0.4) is 0 Å². The van der Waals surface area contributed by atoms with Crippen molar-refractivity contribution in [3.63, 3.8) is 0 Å². The molecule has 1 heterocycles. The Balaban J connectivity index is 1.49. The van der Waals surface area contributed by atoms with Gasteiger partial charge in [-0.15, -0.1) is 0 Å². The van der Waals surface area contributed by atoms with Gasteiger partial charge in [0.15, 0.2) is 10.6 Å². The second-order valence-corrected chi connectivity index (χ2v) is 7.04. The lowest BCUT2D eigenvalue weighted by Crippen LogP contribution is -2.37. The summed E-state index contributed by atoms with van der Waals surface area (Å²) in [7, 11) is 0. The zero-order chi connectivity index (χ0) is 16.2. The van der Waals surface area contributed by atoms with Gasteiger partial charge in [0.05, 0.1) is 12.6 Å². The van der Waals surface area contributed by atoms with Crippen molar-refractivity contribution in [1.82, 2.24) is 20.1 Å². The van der Waals surface area contributed by atoms with Gasteiger partial charge in [0.1, 0.15) is 6.10 Å². The summed E-state index contributed by atoms with van der Waals surface area (Å²) in [5.74, 6) is 0.720. The van der Waals surface area contributed by atoms with Gasteiger partial charge in [0, 0.05) is 6.04 Å². The molecule has 0 bridgehead atoms. The van der Waals surface area contributed by atoms with Crippen LogP contribution in [0.15, 0.2) is 0 Å². The van der Waals surface area contributed by atoms with Crippen molar-refractivity contribution in [3.05, 3.63) is 10.6 Å². The number of rotatable bonds is 6. The Morgan fingerprint density at radius 3 is 2.70 bits per heavy atom. The maximum absolute atomic E-state index is 12.3. The van der Waals surface area contributed by atoms with Crippen LogP contribution < -0.4 is 5.32 Å². The summed E-state index contributed by atoms with van der Waals surface area (Å²) < 4.78 is 8.61. The molecule has 0 spiro atoms. The van der Waals surface area contributed by atoms with Crippen LogP contribution >= 0.6 is 12.2 Å². The number of carbonyl (C=O) groups is 1. The zero-order valence-corrected chi connectivity index (χ0v) is 14.5. The van der Waals surface area contributed by atoms with E-state index in [4.69, 9.17) is 17.0 Å². The molecule has 2 aliphatic rings. The predicted molar refractivity (Wildman–Crippen MR) is 89.6 cm³/mol. The van der Waals surface area contributed by atoms with E-state index in [2.05, 4.69) is 15.5 Å². The normalized spacial score (nSPS) is 20.9. The van der Waals surface area contributed by atoms with Crippen LogP contribution in [0.1, 0.15) is 70.2 Å². The number of carbonyl (C=O) groups excluding carboxylic acids is 1. The summed E-state index contributed by atoms with van der Waals surface area (Å²) in [6.07, 6.45) is 9.18. The first-order valence-corrected chi connectivity index (χ1v) is 9.15. The number of nitrogens with zero attached hydrogens (tertiary/aromatic N) is 2. The molecule has 2 aliphatic carbocycles. The van der Waals surface area contributed by atoms with Crippen molar-refractivity contribution in [2.45, 2.75) is 83.1 Å². The molecule has 1 aromatic rings. The van der Waals surface area contributed by atoms with Crippen LogP contribution in [0.2, 0.25) is 0 Å². The second kappa shape index (κ2) is 7.57. The van der Waals surface area contributed by atoms with Crippen LogP contribution in [0.4, 0.5) is 0 Å². The summed E-state index contributed by atoms with van der Waals surface area (Å²) >= 11 is 5.25. The second-order valence-electron chi connectivity index (χ2n) is 6.66. The number of amides is 1. The van der Waals surface area contributed by atoms with E-state index >= 15 is 0 Å². The number of aromatic amines is 1. The highest BCUT2D eigenvalue weighted by Gasteiger charge is 2.27. The first kappa shape index (κ1) is 16.6. The van der Waals surface area contributed by atoms with E-state index in [1.54, 1.807) is 0 Å². The molecule has 1 aromatic heterocycles. The van der Waals surface area contributed by atoms with Crippen LogP contribution in [0, 0.1) is 4.77 Å². The van der Waals surface area contributed by atoms with Crippen LogP contribution in [0.25, 0.3) is 0 Å². The molecule has 6 nitrogen and oxygen atoms in total. The van der Waals surface area contributed by atoms with Gasteiger partial charge in [-0.3, -0.25) is 14.5 Å².